The third-order valence-electron chi connectivity index (χ3n) is 4.52. The van der Waals surface area contributed by atoms with Gasteiger partial charge in [0, 0.05) is 51.1 Å². The van der Waals surface area contributed by atoms with E-state index in [-0.39, 0.29) is 11.8 Å². The summed E-state index contributed by atoms with van der Waals surface area (Å²) in [6.45, 7) is 9.80. The SMILES string of the molecule is CC(C)CN1CCN(C(=O)Cc2csc(N3CCCC3=O)n2)CC1. The molecule has 2 saturated heterocycles. The number of thiazole rings is 1. The van der Waals surface area contributed by atoms with E-state index < -0.39 is 0 Å². The fraction of sp³-hybridized carbons (Fsp3) is 0.706. The summed E-state index contributed by atoms with van der Waals surface area (Å²) in [5, 5.41) is 2.65. The molecule has 132 valence electrons. The van der Waals surface area contributed by atoms with Crippen LogP contribution >= 0.6 is 11.3 Å². The molecule has 0 aliphatic carbocycles. The Morgan fingerprint density at radius 1 is 1.25 bits per heavy atom. The summed E-state index contributed by atoms with van der Waals surface area (Å²) < 4.78 is 0. The zero-order valence-electron chi connectivity index (χ0n) is 14.5. The predicted molar refractivity (Wildman–Crippen MR) is 95.3 cm³/mol. The van der Waals surface area contributed by atoms with Gasteiger partial charge in [-0.15, -0.1) is 11.3 Å². The van der Waals surface area contributed by atoms with E-state index in [2.05, 4.69) is 23.7 Å². The molecule has 2 fully saturated rings. The molecule has 0 bridgehead atoms. The van der Waals surface area contributed by atoms with E-state index in [0.29, 0.717) is 18.8 Å². The molecule has 0 aromatic carbocycles. The van der Waals surface area contributed by atoms with E-state index in [1.54, 1.807) is 4.90 Å². The maximum atomic E-state index is 12.5. The quantitative estimate of drug-likeness (QED) is 0.810. The van der Waals surface area contributed by atoms with Gasteiger partial charge in [-0.05, 0) is 12.3 Å². The molecular formula is C17H26N4O2S. The van der Waals surface area contributed by atoms with Gasteiger partial charge in [-0.3, -0.25) is 19.4 Å². The number of aromatic nitrogens is 1. The third-order valence-corrected chi connectivity index (χ3v) is 5.44. The number of nitrogens with zero attached hydrogens (tertiary/aromatic N) is 4. The van der Waals surface area contributed by atoms with Crippen LogP contribution in [0.5, 0.6) is 0 Å². The molecular weight excluding hydrogens is 324 g/mol. The Morgan fingerprint density at radius 3 is 2.62 bits per heavy atom. The van der Waals surface area contributed by atoms with Crippen molar-refractivity contribution in [1.29, 1.82) is 0 Å². The Bertz CT molecular complexity index is 593. The van der Waals surface area contributed by atoms with Crippen LogP contribution in [0.15, 0.2) is 5.38 Å². The van der Waals surface area contributed by atoms with Crippen molar-refractivity contribution in [2.75, 3.05) is 44.2 Å². The monoisotopic (exact) mass is 350 g/mol. The number of anilines is 1. The minimum absolute atomic E-state index is 0.142. The van der Waals surface area contributed by atoms with Crippen LogP contribution in [0.25, 0.3) is 0 Å². The lowest BCUT2D eigenvalue weighted by Crippen LogP contribution is -2.49. The minimum Gasteiger partial charge on any atom is -0.340 e. The van der Waals surface area contributed by atoms with Crippen LogP contribution in [0.3, 0.4) is 0 Å². The highest BCUT2D eigenvalue weighted by Gasteiger charge is 2.26. The second-order valence-electron chi connectivity index (χ2n) is 7.02. The van der Waals surface area contributed by atoms with Gasteiger partial charge in [0.15, 0.2) is 5.13 Å². The fourth-order valence-corrected chi connectivity index (χ4v) is 4.18. The molecule has 3 rings (SSSR count). The maximum Gasteiger partial charge on any atom is 0.228 e. The molecule has 2 amide bonds. The first-order valence-electron chi connectivity index (χ1n) is 8.78. The summed E-state index contributed by atoms with van der Waals surface area (Å²) >= 11 is 1.46. The van der Waals surface area contributed by atoms with Crippen molar-refractivity contribution < 1.29 is 9.59 Å². The van der Waals surface area contributed by atoms with E-state index in [0.717, 1.165) is 56.5 Å². The lowest BCUT2D eigenvalue weighted by Gasteiger charge is -2.35. The summed E-state index contributed by atoms with van der Waals surface area (Å²) in [7, 11) is 0. The van der Waals surface area contributed by atoms with Crippen LogP contribution in [0.1, 0.15) is 32.4 Å². The van der Waals surface area contributed by atoms with Crippen molar-refractivity contribution in [2.24, 2.45) is 5.92 Å². The molecule has 0 unspecified atom stereocenters. The van der Waals surface area contributed by atoms with Crippen LogP contribution in [-0.4, -0.2) is 65.9 Å². The Balaban J connectivity index is 1.51. The van der Waals surface area contributed by atoms with Gasteiger partial charge in [0.1, 0.15) is 0 Å². The topological polar surface area (TPSA) is 56.8 Å². The van der Waals surface area contributed by atoms with E-state index in [1.807, 2.05) is 10.3 Å². The Morgan fingerprint density at radius 2 is 2.00 bits per heavy atom. The molecule has 2 aliphatic heterocycles. The average molecular weight is 350 g/mol. The molecule has 1 aromatic rings. The molecule has 0 saturated carbocycles. The third kappa shape index (κ3) is 4.13. The van der Waals surface area contributed by atoms with Gasteiger partial charge >= 0.3 is 0 Å². The first-order chi connectivity index (χ1) is 11.5. The predicted octanol–water partition coefficient (Wildman–Crippen LogP) is 1.61. The smallest absolute Gasteiger partial charge is 0.228 e. The van der Waals surface area contributed by atoms with E-state index in [9.17, 15) is 9.59 Å². The zero-order chi connectivity index (χ0) is 17.1. The zero-order valence-corrected chi connectivity index (χ0v) is 15.3. The van der Waals surface area contributed by atoms with Gasteiger partial charge in [0.25, 0.3) is 0 Å². The molecule has 0 atom stereocenters. The molecule has 7 heteroatoms. The Hall–Kier alpha value is -1.47. The first-order valence-corrected chi connectivity index (χ1v) is 9.66. The molecule has 0 spiro atoms. The summed E-state index contributed by atoms with van der Waals surface area (Å²) in [5.41, 5.74) is 0.782. The molecule has 24 heavy (non-hydrogen) atoms. The van der Waals surface area contributed by atoms with Crippen molar-refractivity contribution in [1.82, 2.24) is 14.8 Å². The van der Waals surface area contributed by atoms with E-state index in [1.165, 1.54) is 11.3 Å². The van der Waals surface area contributed by atoms with Crippen molar-refractivity contribution in [2.45, 2.75) is 33.1 Å². The summed E-state index contributed by atoms with van der Waals surface area (Å²) in [4.78, 5) is 34.9. The molecule has 1 aromatic heterocycles. The Kier molecular flexibility index (Phi) is 5.50. The van der Waals surface area contributed by atoms with Crippen molar-refractivity contribution >= 4 is 28.3 Å². The summed E-state index contributed by atoms with van der Waals surface area (Å²) in [6.07, 6.45) is 1.84. The first kappa shape index (κ1) is 17.4. The highest BCUT2D eigenvalue weighted by atomic mass is 32.1. The van der Waals surface area contributed by atoms with Crippen LogP contribution in [0.4, 0.5) is 5.13 Å². The lowest BCUT2D eigenvalue weighted by atomic mass is 10.2. The highest BCUT2D eigenvalue weighted by Crippen LogP contribution is 2.25. The molecule has 0 radical (unpaired) electrons. The van der Waals surface area contributed by atoms with Gasteiger partial charge in [0.05, 0.1) is 12.1 Å². The van der Waals surface area contributed by atoms with Crippen molar-refractivity contribution in [3.8, 4) is 0 Å². The Labute approximate surface area is 147 Å². The van der Waals surface area contributed by atoms with Gasteiger partial charge in [-0.2, -0.15) is 0 Å². The maximum absolute atomic E-state index is 12.5. The standard InChI is InChI=1S/C17H26N4O2S/c1-13(2)11-19-6-8-20(9-7-19)16(23)10-14-12-24-17(18-14)21-5-3-4-15(21)22/h12-13H,3-11H2,1-2H3. The average Bonchev–Trinajstić information content (AvgIpc) is 3.16. The number of hydrogen-bond donors (Lipinski definition) is 0. The van der Waals surface area contributed by atoms with Crippen molar-refractivity contribution in [3.63, 3.8) is 0 Å². The molecule has 0 N–H and O–H groups in total. The van der Waals surface area contributed by atoms with Crippen LogP contribution in [0, 0.1) is 5.92 Å². The van der Waals surface area contributed by atoms with Gasteiger partial charge in [-0.25, -0.2) is 4.98 Å². The number of hydrogen-bond acceptors (Lipinski definition) is 5. The largest absolute Gasteiger partial charge is 0.340 e. The highest BCUT2D eigenvalue weighted by molar-refractivity contribution is 7.14. The number of carbonyl (C=O) groups excluding carboxylic acids is 2. The van der Waals surface area contributed by atoms with Gasteiger partial charge < -0.3 is 4.90 Å². The van der Waals surface area contributed by atoms with Gasteiger partial charge in [0.2, 0.25) is 11.8 Å². The summed E-state index contributed by atoms with van der Waals surface area (Å²) in [6, 6.07) is 0. The minimum atomic E-state index is 0.142. The number of rotatable bonds is 5. The number of amides is 2. The lowest BCUT2D eigenvalue weighted by molar-refractivity contribution is -0.132. The van der Waals surface area contributed by atoms with Crippen LogP contribution in [-0.2, 0) is 16.0 Å². The molecule has 2 aliphatic rings. The van der Waals surface area contributed by atoms with Crippen LogP contribution in [0.2, 0.25) is 0 Å². The molecule has 3 heterocycles. The second kappa shape index (κ2) is 7.61. The van der Waals surface area contributed by atoms with Crippen molar-refractivity contribution in [3.05, 3.63) is 11.1 Å². The fourth-order valence-electron chi connectivity index (χ4n) is 3.31. The normalized spacial score (nSPS) is 19.5. The van der Waals surface area contributed by atoms with E-state index in [4.69, 9.17) is 0 Å². The summed E-state index contributed by atoms with van der Waals surface area (Å²) in [5.74, 6) is 0.946. The van der Waals surface area contributed by atoms with E-state index >= 15 is 0 Å². The number of carbonyl (C=O) groups is 2. The van der Waals surface area contributed by atoms with Crippen LogP contribution < -0.4 is 4.90 Å². The number of piperazine rings is 1. The second-order valence-corrected chi connectivity index (χ2v) is 7.86. The van der Waals surface area contributed by atoms with Gasteiger partial charge in [-0.1, -0.05) is 13.8 Å². The molecule has 6 nitrogen and oxygen atoms in total.